The predicted molar refractivity (Wildman–Crippen MR) is 89.8 cm³/mol. The van der Waals surface area contributed by atoms with Crippen molar-refractivity contribution in [3.05, 3.63) is 54.1 Å². The molecule has 0 unspecified atom stereocenters. The van der Waals surface area contributed by atoms with Crippen molar-refractivity contribution in [1.82, 2.24) is 9.55 Å². The Hall–Kier alpha value is -2.17. The average molecular weight is 295 g/mol. The van der Waals surface area contributed by atoms with Crippen LogP contribution in [0.5, 0.6) is 0 Å². The van der Waals surface area contributed by atoms with E-state index in [1.807, 2.05) is 18.2 Å². The minimum absolute atomic E-state index is 0.551. The largest absolute Gasteiger partial charge is 0.378 e. The first-order valence-electron chi connectivity index (χ1n) is 7.60. The minimum Gasteiger partial charge on any atom is -0.378 e. The van der Waals surface area contributed by atoms with Crippen LogP contribution in [0.4, 0.5) is 0 Å². The maximum absolute atomic E-state index is 5.55. The van der Waals surface area contributed by atoms with Gasteiger partial charge in [-0.3, -0.25) is 0 Å². The summed E-state index contributed by atoms with van der Waals surface area (Å²) in [5.41, 5.74) is 10.0. The van der Waals surface area contributed by atoms with Gasteiger partial charge >= 0.3 is 0 Å². The number of para-hydroxylation sites is 2. The van der Waals surface area contributed by atoms with E-state index in [-0.39, 0.29) is 0 Å². The second kappa shape index (κ2) is 6.73. The Morgan fingerprint density at radius 2 is 1.82 bits per heavy atom. The number of hydrogen-bond donors (Lipinski definition) is 1. The molecule has 3 aromatic rings. The van der Waals surface area contributed by atoms with Crippen LogP contribution >= 0.6 is 0 Å². The van der Waals surface area contributed by atoms with Crippen LogP contribution < -0.4 is 5.73 Å². The summed E-state index contributed by atoms with van der Waals surface area (Å²) >= 11 is 0. The molecule has 0 spiro atoms. The normalized spacial score (nSPS) is 11.2. The molecule has 0 bridgehead atoms. The van der Waals surface area contributed by atoms with E-state index < -0.39 is 0 Å². The van der Waals surface area contributed by atoms with Crippen LogP contribution in [0.2, 0.25) is 0 Å². The van der Waals surface area contributed by atoms with Crippen LogP contribution in [0.1, 0.15) is 5.56 Å². The molecule has 0 amide bonds. The number of aryl methyl sites for hydroxylation is 1. The highest BCUT2D eigenvalue weighted by atomic mass is 16.5. The molecular formula is C18H21N3O. The first kappa shape index (κ1) is 14.8. The summed E-state index contributed by atoms with van der Waals surface area (Å²) in [6.45, 7) is 4.66. The molecule has 0 aliphatic rings. The van der Waals surface area contributed by atoms with Crippen molar-refractivity contribution in [2.45, 2.75) is 13.5 Å². The molecule has 1 aromatic heterocycles. The molecule has 0 saturated carbocycles. The van der Waals surface area contributed by atoms with E-state index in [1.54, 1.807) is 0 Å². The van der Waals surface area contributed by atoms with Crippen molar-refractivity contribution in [3.63, 3.8) is 0 Å². The molecule has 0 aliphatic carbocycles. The van der Waals surface area contributed by atoms with Crippen LogP contribution in [0.15, 0.2) is 48.5 Å². The van der Waals surface area contributed by atoms with E-state index in [9.17, 15) is 0 Å². The Morgan fingerprint density at radius 1 is 1.05 bits per heavy atom. The molecule has 4 nitrogen and oxygen atoms in total. The number of nitrogens with zero attached hydrogens (tertiary/aromatic N) is 2. The highest BCUT2D eigenvalue weighted by molar-refractivity contribution is 5.81. The summed E-state index contributed by atoms with van der Waals surface area (Å²) in [5, 5.41) is 0. The van der Waals surface area contributed by atoms with Gasteiger partial charge in [0.05, 0.1) is 24.2 Å². The van der Waals surface area contributed by atoms with Gasteiger partial charge in [-0.15, -0.1) is 0 Å². The third kappa shape index (κ3) is 2.89. The fourth-order valence-electron chi connectivity index (χ4n) is 2.67. The third-order valence-corrected chi connectivity index (χ3v) is 3.76. The highest BCUT2D eigenvalue weighted by Crippen LogP contribution is 2.27. The van der Waals surface area contributed by atoms with Gasteiger partial charge in [0, 0.05) is 18.7 Å². The number of nitrogens with two attached hydrogens (primary N) is 1. The van der Waals surface area contributed by atoms with Gasteiger partial charge in [0.25, 0.3) is 0 Å². The Labute approximate surface area is 130 Å². The quantitative estimate of drug-likeness (QED) is 0.711. The van der Waals surface area contributed by atoms with Gasteiger partial charge in [0.1, 0.15) is 5.82 Å². The minimum atomic E-state index is 0.551. The first-order chi connectivity index (χ1) is 10.8. The highest BCUT2D eigenvalue weighted by Gasteiger charge is 2.13. The molecule has 114 valence electrons. The second-order valence-electron chi connectivity index (χ2n) is 5.29. The SMILES string of the molecule is Cc1ccccc1-c1nc2ccccc2n1CCOCCN. The van der Waals surface area contributed by atoms with Crippen LogP contribution in [-0.4, -0.2) is 29.3 Å². The Balaban J connectivity index is 2.03. The lowest BCUT2D eigenvalue weighted by molar-refractivity contribution is 0.134. The van der Waals surface area contributed by atoms with Gasteiger partial charge < -0.3 is 15.0 Å². The summed E-state index contributed by atoms with van der Waals surface area (Å²) in [4.78, 5) is 4.83. The molecule has 22 heavy (non-hydrogen) atoms. The van der Waals surface area contributed by atoms with Gasteiger partial charge in [0.2, 0.25) is 0 Å². The number of ether oxygens (including phenoxy) is 1. The van der Waals surface area contributed by atoms with Crippen molar-refractivity contribution < 1.29 is 4.74 Å². The predicted octanol–water partition coefficient (Wildman–Crippen LogP) is 2.99. The lowest BCUT2D eigenvalue weighted by atomic mass is 10.1. The van der Waals surface area contributed by atoms with Crippen molar-refractivity contribution in [2.75, 3.05) is 19.8 Å². The van der Waals surface area contributed by atoms with Crippen LogP contribution in [0.3, 0.4) is 0 Å². The zero-order valence-corrected chi connectivity index (χ0v) is 12.8. The lowest BCUT2D eigenvalue weighted by Gasteiger charge is -2.11. The molecule has 2 aromatic carbocycles. The summed E-state index contributed by atoms with van der Waals surface area (Å²) in [7, 11) is 0. The van der Waals surface area contributed by atoms with Gasteiger partial charge in [-0.05, 0) is 24.6 Å². The van der Waals surface area contributed by atoms with E-state index in [0.29, 0.717) is 19.8 Å². The van der Waals surface area contributed by atoms with Gasteiger partial charge in [-0.1, -0.05) is 36.4 Å². The second-order valence-corrected chi connectivity index (χ2v) is 5.29. The van der Waals surface area contributed by atoms with Gasteiger partial charge in [-0.2, -0.15) is 0 Å². The zero-order chi connectivity index (χ0) is 15.4. The summed E-state index contributed by atoms with van der Waals surface area (Å²) in [6, 6.07) is 16.6. The summed E-state index contributed by atoms with van der Waals surface area (Å²) in [6.07, 6.45) is 0. The van der Waals surface area contributed by atoms with Gasteiger partial charge in [0.15, 0.2) is 0 Å². The molecule has 0 radical (unpaired) electrons. The fourth-order valence-corrected chi connectivity index (χ4v) is 2.67. The van der Waals surface area contributed by atoms with E-state index in [1.165, 1.54) is 5.56 Å². The number of fused-ring (bicyclic) bond motifs is 1. The van der Waals surface area contributed by atoms with Crippen molar-refractivity contribution in [3.8, 4) is 11.4 Å². The molecule has 4 heteroatoms. The van der Waals surface area contributed by atoms with E-state index in [0.717, 1.165) is 29.0 Å². The molecule has 3 rings (SSSR count). The van der Waals surface area contributed by atoms with Crippen LogP contribution in [0, 0.1) is 6.92 Å². The summed E-state index contributed by atoms with van der Waals surface area (Å²) < 4.78 is 7.78. The zero-order valence-electron chi connectivity index (χ0n) is 12.8. The number of imidazole rings is 1. The third-order valence-electron chi connectivity index (χ3n) is 3.76. The maximum Gasteiger partial charge on any atom is 0.141 e. The standard InChI is InChI=1S/C18H21N3O/c1-14-6-2-3-7-15(14)18-20-16-8-4-5-9-17(16)21(18)11-13-22-12-10-19/h2-9H,10-13,19H2,1H3. The monoisotopic (exact) mass is 295 g/mol. The van der Waals surface area contributed by atoms with E-state index in [4.69, 9.17) is 15.5 Å². The molecular weight excluding hydrogens is 274 g/mol. The van der Waals surface area contributed by atoms with Crippen molar-refractivity contribution >= 4 is 11.0 Å². The molecule has 0 aliphatic heterocycles. The Bertz CT molecular complexity index is 764. The number of benzene rings is 2. The van der Waals surface area contributed by atoms with E-state index in [2.05, 4.69) is 41.8 Å². The molecule has 2 N–H and O–H groups in total. The maximum atomic E-state index is 5.55. The summed E-state index contributed by atoms with van der Waals surface area (Å²) in [5.74, 6) is 0.996. The topological polar surface area (TPSA) is 53.1 Å². The van der Waals surface area contributed by atoms with Crippen molar-refractivity contribution in [1.29, 1.82) is 0 Å². The number of aromatic nitrogens is 2. The Morgan fingerprint density at radius 3 is 2.64 bits per heavy atom. The van der Waals surface area contributed by atoms with Gasteiger partial charge in [-0.25, -0.2) is 4.98 Å². The lowest BCUT2D eigenvalue weighted by Crippen LogP contribution is -2.13. The molecule has 0 atom stereocenters. The van der Waals surface area contributed by atoms with Crippen LogP contribution in [-0.2, 0) is 11.3 Å². The van der Waals surface area contributed by atoms with Crippen LogP contribution in [0.25, 0.3) is 22.4 Å². The number of hydrogen-bond acceptors (Lipinski definition) is 3. The number of rotatable bonds is 6. The smallest absolute Gasteiger partial charge is 0.141 e. The fraction of sp³-hybridized carbons (Fsp3) is 0.278. The average Bonchev–Trinajstić information content (AvgIpc) is 2.90. The first-order valence-corrected chi connectivity index (χ1v) is 7.60. The Kier molecular flexibility index (Phi) is 4.51. The molecule has 0 fully saturated rings. The molecule has 1 heterocycles. The van der Waals surface area contributed by atoms with Crippen molar-refractivity contribution in [2.24, 2.45) is 5.73 Å². The molecule has 0 saturated heterocycles. The van der Waals surface area contributed by atoms with E-state index >= 15 is 0 Å².